The molecule has 1 aromatic rings. The predicted molar refractivity (Wildman–Crippen MR) is 69.7 cm³/mol. The number of piperidine rings is 1. The van der Waals surface area contributed by atoms with Gasteiger partial charge in [0.2, 0.25) is 0 Å². The lowest BCUT2D eigenvalue weighted by Gasteiger charge is -2.30. The van der Waals surface area contributed by atoms with Crippen LogP contribution in [-0.4, -0.2) is 36.1 Å². The molecule has 0 aromatic heterocycles. The maximum Gasteiger partial charge on any atom is 0.253 e. The molecule has 0 N–H and O–H groups in total. The molecule has 1 spiro atoms. The number of amides is 1. The van der Waals surface area contributed by atoms with Gasteiger partial charge in [0.05, 0.1) is 12.2 Å². The average Bonchev–Trinajstić information content (AvgIpc) is 3.12. The van der Waals surface area contributed by atoms with Gasteiger partial charge in [-0.3, -0.25) is 4.79 Å². The van der Waals surface area contributed by atoms with Gasteiger partial charge < -0.3 is 9.64 Å². The van der Waals surface area contributed by atoms with Crippen LogP contribution in [0.2, 0.25) is 0 Å². The number of likely N-dealkylation sites (tertiary alicyclic amines) is 1. The smallest absolute Gasteiger partial charge is 0.253 e. The van der Waals surface area contributed by atoms with Crippen LogP contribution in [-0.2, 0) is 4.74 Å². The van der Waals surface area contributed by atoms with E-state index in [0.717, 1.165) is 38.1 Å². The fourth-order valence-electron chi connectivity index (χ4n) is 2.57. The summed E-state index contributed by atoms with van der Waals surface area (Å²) in [6.45, 7) is 6.66. The highest BCUT2D eigenvalue weighted by molar-refractivity contribution is 5.94. The van der Waals surface area contributed by atoms with Crippen molar-refractivity contribution in [1.82, 2.24) is 4.90 Å². The Morgan fingerprint density at radius 1 is 1.22 bits per heavy atom. The molecule has 2 heterocycles. The van der Waals surface area contributed by atoms with Crippen LogP contribution < -0.4 is 0 Å². The van der Waals surface area contributed by atoms with Crippen LogP contribution in [0.5, 0.6) is 0 Å². The lowest BCUT2D eigenvalue weighted by atomic mass is 9.97. The first-order chi connectivity index (χ1) is 8.60. The lowest BCUT2D eigenvalue weighted by molar-refractivity contribution is 0.0663. The third-order valence-corrected chi connectivity index (χ3v) is 4.27. The first-order valence-corrected chi connectivity index (χ1v) is 6.60. The normalized spacial score (nSPS) is 21.1. The van der Waals surface area contributed by atoms with Crippen molar-refractivity contribution in [2.75, 3.05) is 19.7 Å². The van der Waals surface area contributed by atoms with Crippen LogP contribution in [0.4, 0.5) is 0 Å². The summed E-state index contributed by atoms with van der Waals surface area (Å²) in [4.78, 5) is 14.3. The van der Waals surface area contributed by atoms with Crippen LogP contribution in [0, 0.1) is 13.8 Å². The molecule has 2 saturated heterocycles. The molecule has 3 nitrogen and oxygen atoms in total. The van der Waals surface area contributed by atoms with Crippen molar-refractivity contribution in [1.29, 1.82) is 0 Å². The zero-order chi connectivity index (χ0) is 12.8. The molecule has 3 rings (SSSR count). The topological polar surface area (TPSA) is 32.8 Å². The van der Waals surface area contributed by atoms with E-state index in [-0.39, 0.29) is 11.5 Å². The molecule has 2 aliphatic rings. The van der Waals surface area contributed by atoms with Gasteiger partial charge in [-0.2, -0.15) is 0 Å². The van der Waals surface area contributed by atoms with E-state index in [4.69, 9.17) is 4.74 Å². The Kier molecular flexibility index (Phi) is 2.67. The second kappa shape index (κ2) is 4.09. The van der Waals surface area contributed by atoms with Crippen molar-refractivity contribution in [3.63, 3.8) is 0 Å². The minimum absolute atomic E-state index is 0.139. The van der Waals surface area contributed by atoms with E-state index in [1.807, 2.05) is 23.1 Å². The molecule has 0 radical (unpaired) electrons. The van der Waals surface area contributed by atoms with E-state index < -0.39 is 0 Å². The molecule has 0 unspecified atom stereocenters. The predicted octanol–water partition coefficient (Wildman–Crippen LogP) is 2.31. The SMILES string of the molecule is Cc1ccc(C(=O)N2CCC3(CC2)CO3)cc1C. The van der Waals surface area contributed by atoms with E-state index in [1.54, 1.807) is 0 Å². The zero-order valence-corrected chi connectivity index (χ0v) is 11.0. The fraction of sp³-hybridized carbons (Fsp3) is 0.533. The monoisotopic (exact) mass is 245 g/mol. The lowest BCUT2D eigenvalue weighted by Crippen LogP contribution is -2.41. The highest BCUT2D eigenvalue weighted by atomic mass is 16.6. The number of ether oxygens (including phenoxy) is 1. The molecule has 0 atom stereocenters. The summed E-state index contributed by atoms with van der Waals surface area (Å²) in [6, 6.07) is 5.95. The molecule has 0 saturated carbocycles. The zero-order valence-electron chi connectivity index (χ0n) is 11.0. The molecule has 96 valence electrons. The molecule has 18 heavy (non-hydrogen) atoms. The van der Waals surface area contributed by atoms with Gasteiger partial charge in [-0.05, 0) is 49.9 Å². The van der Waals surface area contributed by atoms with Crippen molar-refractivity contribution < 1.29 is 9.53 Å². The fourth-order valence-corrected chi connectivity index (χ4v) is 2.57. The quantitative estimate of drug-likeness (QED) is 0.711. The third-order valence-electron chi connectivity index (χ3n) is 4.27. The number of hydrogen-bond acceptors (Lipinski definition) is 2. The Hall–Kier alpha value is -1.35. The Morgan fingerprint density at radius 2 is 1.89 bits per heavy atom. The Labute approximate surface area is 108 Å². The molecule has 3 heteroatoms. The average molecular weight is 245 g/mol. The van der Waals surface area contributed by atoms with Crippen LogP contribution in [0.3, 0.4) is 0 Å². The Balaban J connectivity index is 1.72. The number of rotatable bonds is 1. The highest BCUT2D eigenvalue weighted by Crippen LogP contribution is 2.37. The molecule has 0 bridgehead atoms. The maximum atomic E-state index is 12.4. The maximum absolute atomic E-state index is 12.4. The Bertz CT molecular complexity index is 481. The van der Waals surface area contributed by atoms with Gasteiger partial charge in [0.1, 0.15) is 0 Å². The van der Waals surface area contributed by atoms with Crippen molar-refractivity contribution in [3.05, 3.63) is 34.9 Å². The summed E-state index contributed by atoms with van der Waals surface area (Å²) >= 11 is 0. The van der Waals surface area contributed by atoms with E-state index in [2.05, 4.69) is 13.8 Å². The van der Waals surface area contributed by atoms with Gasteiger partial charge >= 0.3 is 0 Å². The number of carbonyl (C=O) groups is 1. The first-order valence-electron chi connectivity index (χ1n) is 6.60. The summed E-state index contributed by atoms with van der Waals surface area (Å²) in [5.41, 5.74) is 3.36. The van der Waals surface area contributed by atoms with Crippen LogP contribution in [0.1, 0.15) is 34.3 Å². The summed E-state index contributed by atoms with van der Waals surface area (Å²) < 4.78 is 5.47. The van der Waals surface area contributed by atoms with Gasteiger partial charge in [0.15, 0.2) is 0 Å². The van der Waals surface area contributed by atoms with E-state index >= 15 is 0 Å². The Morgan fingerprint density at radius 3 is 2.44 bits per heavy atom. The second-order valence-corrected chi connectivity index (χ2v) is 5.56. The van der Waals surface area contributed by atoms with Gasteiger partial charge in [-0.25, -0.2) is 0 Å². The molecule has 1 aromatic carbocycles. The van der Waals surface area contributed by atoms with Crippen LogP contribution >= 0.6 is 0 Å². The van der Waals surface area contributed by atoms with Crippen LogP contribution in [0.15, 0.2) is 18.2 Å². The molecule has 1 amide bonds. The number of hydrogen-bond donors (Lipinski definition) is 0. The summed E-state index contributed by atoms with van der Waals surface area (Å²) in [7, 11) is 0. The second-order valence-electron chi connectivity index (χ2n) is 5.56. The van der Waals surface area contributed by atoms with Crippen molar-refractivity contribution >= 4 is 5.91 Å². The minimum Gasteiger partial charge on any atom is -0.369 e. The first kappa shape index (κ1) is 11.7. The molecule has 0 aliphatic carbocycles. The number of nitrogens with zero attached hydrogens (tertiary/aromatic N) is 1. The summed E-state index contributed by atoms with van der Waals surface area (Å²) in [5.74, 6) is 0.161. The molecule has 2 aliphatic heterocycles. The molecular weight excluding hydrogens is 226 g/mol. The van der Waals surface area contributed by atoms with E-state index in [9.17, 15) is 4.79 Å². The number of benzene rings is 1. The number of carbonyl (C=O) groups excluding carboxylic acids is 1. The summed E-state index contributed by atoms with van der Waals surface area (Å²) in [6.07, 6.45) is 1.98. The van der Waals surface area contributed by atoms with Gasteiger partial charge in [-0.1, -0.05) is 6.07 Å². The standard InChI is InChI=1S/C15H19NO2/c1-11-3-4-13(9-12(11)2)14(17)16-7-5-15(6-8-16)10-18-15/h3-4,9H,5-8,10H2,1-2H3. The number of aryl methyl sites for hydroxylation is 2. The van der Waals surface area contributed by atoms with Crippen molar-refractivity contribution in [2.24, 2.45) is 0 Å². The number of epoxide rings is 1. The largest absolute Gasteiger partial charge is 0.369 e. The summed E-state index contributed by atoms with van der Waals surface area (Å²) in [5, 5.41) is 0. The minimum atomic E-state index is 0.139. The molecule has 2 fully saturated rings. The van der Waals surface area contributed by atoms with Gasteiger partial charge in [-0.15, -0.1) is 0 Å². The van der Waals surface area contributed by atoms with Crippen molar-refractivity contribution in [3.8, 4) is 0 Å². The van der Waals surface area contributed by atoms with E-state index in [0.29, 0.717) is 0 Å². The molecular formula is C15H19NO2. The van der Waals surface area contributed by atoms with Crippen molar-refractivity contribution in [2.45, 2.75) is 32.3 Å². The van der Waals surface area contributed by atoms with Gasteiger partial charge in [0, 0.05) is 18.7 Å². The van der Waals surface area contributed by atoms with E-state index in [1.165, 1.54) is 11.1 Å². The van der Waals surface area contributed by atoms with Crippen LogP contribution in [0.25, 0.3) is 0 Å². The highest BCUT2D eigenvalue weighted by Gasteiger charge is 2.47. The van der Waals surface area contributed by atoms with Gasteiger partial charge in [0.25, 0.3) is 5.91 Å². The third kappa shape index (κ3) is 2.03.